The number of carboxylic acids is 1. The molecular weight excluding hydrogens is 502 g/mol. The molecule has 1 aliphatic heterocycles. The number of hydrogen-bond acceptors (Lipinski definition) is 4. The van der Waals surface area contributed by atoms with Crippen LogP contribution in [0.4, 0.5) is 5.69 Å². The van der Waals surface area contributed by atoms with E-state index >= 15 is 0 Å². The number of allylic oxidation sites excluding steroid dienone is 2. The minimum Gasteiger partial charge on any atom is -0.489 e. The molecule has 1 aliphatic carbocycles. The van der Waals surface area contributed by atoms with Gasteiger partial charge in [0.15, 0.2) is 5.78 Å². The number of benzene rings is 3. The molecular formula is C31H28ClNO5. The highest BCUT2D eigenvalue weighted by atomic mass is 35.5. The molecule has 194 valence electrons. The van der Waals surface area contributed by atoms with Crippen LogP contribution in [0.25, 0.3) is 0 Å². The molecule has 38 heavy (non-hydrogen) atoms. The number of carbonyl (C=O) groups excluding carboxylic acids is 2. The second-order valence-electron chi connectivity index (χ2n) is 10.6. The molecule has 2 aliphatic rings. The van der Waals surface area contributed by atoms with Crippen molar-refractivity contribution in [3.05, 3.63) is 106 Å². The smallest absolute Gasteiger partial charge is 0.335 e. The van der Waals surface area contributed by atoms with Crippen molar-refractivity contribution in [2.24, 2.45) is 5.41 Å². The maximum atomic E-state index is 13.7. The number of carbonyl (C=O) groups is 3. The molecule has 1 N–H and O–H groups in total. The van der Waals surface area contributed by atoms with Crippen LogP contribution in [0.5, 0.6) is 5.75 Å². The van der Waals surface area contributed by atoms with E-state index in [-0.39, 0.29) is 39.8 Å². The Balaban J connectivity index is 1.52. The number of anilines is 1. The fraction of sp³-hybridized carbons (Fsp3) is 0.258. The van der Waals surface area contributed by atoms with Crippen molar-refractivity contribution in [3.63, 3.8) is 0 Å². The molecule has 3 aromatic carbocycles. The summed E-state index contributed by atoms with van der Waals surface area (Å²) in [4.78, 5) is 40.3. The lowest BCUT2D eigenvalue weighted by Gasteiger charge is -2.43. The van der Waals surface area contributed by atoms with Crippen molar-refractivity contribution in [1.82, 2.24) is 0 Å². The van der Waals surface area contributed by atoms with Gasteiger partial charge in [-0.3, -0.25) is 14.5 Å². The zero-order chi connectivity index (χ0) is 27.0. The summed E-state index contributed by atoms with van der Waals surface area (Å²) in [5.74, 6) is -1.05. The Morgan fingerprint density at radius 2 is 1.74 bits per heavy atom. The number of rotatable bonds is 6. The van der Waals surface area contributed by atoms with Crippen molar-refractivity contribution in [3.8, 4) is 5.75 Å². The second-order valence-corrected chi connectivity index (χ2v) is 11.0. The van der Waals surface area contributed by atoms with Crippen LogP contribution in [0, 0.1) is 5.41 Å². The van der Waals surface area contributed by atoms with Crippen molar-refractivity contribution < 1.29 is 24.2 Å². The SMILES string of the molecule is CC1(C)CC(=O)C2=C(C1)N(c1cc(C(=O)O)ccc1Cl)C(=O)CC2c1ccc(OCc2ccccc2)cc1. The highest BCUT2D eigenvalue weighted by Gasteiger charge is 2.44. The molecule has 1 unspecified atom stereocenters. The standard InChI is InChI=1S/C31H28ClNO5/c1-31(2)16-26-29(27(34)17-31)23(15-28(35)33(26)25-14-21(30(36)37)10-13-24(25)32)20-8-11-22(12-9-20)38-18-19-6-4-3-5-7-19/h3-14,23H,15-18H2,1-2H3,(H,36,37). The molecule has 0 radical (unpaired) electrons. The van der Waals surface area contributed by atoms with E-state index in [1.54, 1.807) is 0 Å². The summed E-state index contributed by atoms with van der Waals surface area (Å²) in [6.45, 7) is 4.43. The highest BCUT2D eigenvalue weighted by Crippen LogP contribution is 2.49. The zero-order valence-corrected chi connectivity index (χ0v) is 22.0. The van der Waals surface area contributed by atoms with Crippen molar-refractivity contribution >= 4 is 34.9 Å². The van der Waals surface area contributed by atoms with E-state index in [2.05, 4.69) is 0 Å². The Labute approximate surface area is 226 Å². The van der Waals surface area contributed by atoms with Gasteiger partial charge in [0.05, 0.1) is 16.3 Å². The van der Waals surface area contributed by atoms with Gasteiger partial charge in [0.25, 0.3) is 0 Å². The molecule has 3 aromatic rings. The Morgan fingerprint density at radius 1 is 1.03 bits per heavy atom. The summed E-state index contributed by atoms with van der Waals surface area (Å²) in [5.41, 5.74) is 3.07. The fourth-order valence-corrected chi connectivity index (χ4v) is 5.54. The van der Waals surface area contributed by atoms with Crippen LogP contribution < -0.4 is 9.64 Å². The number of ketones is 1. The number of carboxylic acid groups (broad SMARTS) is 1. The van der Waals surface area contributed by atoms with Gasteiger partial charge in [-0.1, -0.05) is 67.9 Å². The molecule has 1 amide bonds. The van der Waals surface area contributed by atoms with Gasteiger partial charge >= 0.3 is 5.97 Å². The van der Waals surface area contributed by atoms with E-state index in [1.807, 2.05) is 68.4 Å². The Morgan fingerprint density at radius 3 is 2.42 bits per heavy atom. The molecule has 1 atom stereocenters. The number of hydrogen-bond donors (Lipinski definition) is 1. The number of nitrogens with zero attached hydrogens (tertiary/aromatic N) is 1. The Kier molecular flexibility index (Phi) is 6.84. The number of halogens is 1. The Hall–Kier alpha value is -3.90. The predicted octanol–water partition coefficient (Wildman–Crippen LogP) is 6.78. The average molecular weight is 530 g/mol. The van der Waals surface area contributed by atoms with Gasteiger partial charge in [0.2, 0.25) is 5.91 Å². The van der Waals surface area contributed by atoms with Crippen LogP contribution in [0.15, 0.2) is 84.1 Å². The zero-order valence-electron chi connectivity index (χ0n) is 21.2. The van der Waals surface area contributed by atoms with Crippen LogP contribution in [0.1, 0.15) is 60.5 Å². The Bertz CT molecular complexity index is 1440. The molecule has 0 bridgehead atoms. The third-order valence-electron chi connectivity index (χ3n) is 7.11. The molecule has 0 fully saturated rings. The van der Waals surface area contributed by atoms with E-state index in [0.717, 1.165) is 11.1 Å². The minimum absolute atomic E-state index is 0.00587. The lowest BCUT2D eigenvalue weighted by Crippen LogP contribution is -2.43. The summed E-state index contributed by atoms with van der Waals surface area (Å²) in [6, 6.07) is 21.7. The normalized spacial score (nSPS) is 18.8. The van der Waals surface area contributed by atoms with E-state index in [0.29, 0.717) is 36.5 Å². The minimum atomic E-state index is -1.12. The summed E-state index contributed by atoms with van der Waals surface area (Å²) in [7, 11) is 0. The molecule has 0 saturated carbocycles. The van der Waals surface area contributed by atoms with Crippen LogP contribution in [0.2, 0.25) is 5.02 Å². The molecule has 0 aromatic heterocycles. The number of aromatic carboxylic acids is 1. The maximum Gasteiger partial charge on any atom is 0.335 e. The number of Topliss-reactive ketones (excluding diaryl/α,β-unsaturated/α-hetero) is 1. The van der Waals surface area contributed by atoms with Gasteiger partial charge < -0.3 is 9.84 Å². The fourth-order valence-electron chi connectivity index (χ4n) is 5.33. The lowest BCUT2D eigenvalue weighted by atomic mass is 9.69. The quantitative estimate of drug-likeness (QED) is 0.380. The lowest BCUT2D eigenvalue weighted by molar-refractivity contribution is -0.121. The predicted molar refractivity (Wildman–Crippen MR) is 146 cm³/mol. The third kappa shape index (κ3) is 5.09. The molecule has 0 spiro atoms. The topological polar surface area (TPSA) is 83.9 Å². The van der Waals surface area contributed by atoms with Gasteiger partial charge in [0.1, 0.15) is 12.4 Å². The molecule has 5 rings (SSSR count). The summed E-state index contributed by atoms with van der Waals surface area (Å²) in [5, 5.41) is 9.77. The van der Waals surface area contributed by atoms with E-state index in [4.69, 9.17) is 16.3 Å². The maximum absolute atomic E-state index is 13.7. The summed E-state index contributed by atoms with van der Waals surface area (Å²) >= 11 is 6.47. The van der Waals surface area contributed by atoms with E-state index in [1.165, 1.54) is 23.1 Å². The monoisotopic (exact) mass is 529 g/mol. The summed E-state index contributed by atoms with van der Waals surface area (Å²) in [6.07, 6.45) is 0.927. The molecule has 6 nitrogen and oxygen atoms in total. The summed E-state index contributed by atoms with van der Waals surface area (Å²) < 4.78 is 5.91. The van der Waals surface area contributed by atoms with Crippen molar-refractivity contribution in [1.29, 1.82) is 0 Å². The first kappa shape index (κ1) is 25.7. The van der Waals surface area contributed by atoms with Gasteiger partial charge in [-0.05, 0) is 53.3 Å². The first-order valence-corrected chi connectivity index (χ1v) is 12.9. The van der Waals surface area contributed by atoms with Gasteiger partial charge in [-0.15, -0.1) is 0 Å². The van der Waals surface area contributed by atoms with Gasteiger partial charge in [-0.25, -0.2) is 4.79 Å². The molecule has 7 heteroatoms. The number of amides is 1. The largest absolute Gasteiger partial charge is 0.489 e. The van der Waals surface area contributed by atoms with Gasteiger partial charge in [-0.2, -0.15) is 0 Å². The van der Waals surface area contributed by atoms with Crippen molar-refractivity contribution in [2.45, 2.75) is 45.6 Å². The van der Waals surface area contributed by atoms with E-state index in [9.17, 15) is 19.5 Å². The number of ether oxygens (including phenoxy) is 1. The second kappa shape index (κ2) is 10.1. The molecule has 1 heterocycles. The third-order valence-corrected chi connectivity index (χ3v) is 7.43. The average Bonchev–Trinajstić information content (AvgIpc) is 2.88. The first-order chi connectivity index (χ1) is 18.1. The highest BCUT2D eigenvalue weighted by molar-refractivity contribution is 6.34. The van der Waals surface area contributed by atoms with Crippen LogP contribution in [0.3, 0.4) is 0 Å². The van der Waals surface area contributed by atoms with Crippen LogP contribution in [-0.4, -0.2) is 22.8 Å². The first-order valence-electron chi connectivity index (χ1n) is 12.5. The van der Waals surface area contributed by atoms with Crippen LogP contribution in [-0.2, 0) is 16.2 Å². The molecule has 0 saturated heterocycles. The van der Waals surface area contributed by atoms with Gasteiger partial charge in [0, 0.05) is 30.0 Å². The van der Waals surface area contributed by atoms with Crippen LogP contribution >= 0.6 is 11.6 Å². The van der Waals surface area contributed by atoms with E-state index < -0.39 is 11.9 Å². The van der Waals surface area contributed by atoms with Crippen molar-refractivity contribution in [2.75, 3.05) is 4.90 Å².